The standard InChI is InChI=1S/C22H26F2N2O2S/c1-15-3-2-12-26(15)19-9-6-17(13-19)16-4-7-18(8-5-16)25-29(27,28)20-10-11-21(23)22(24)14-20/h4-5,7-8,10-11,14-15,17,19,25H,2-3,6,9,12-13H2,1H3/t15-,17-,19-/m0/s1. The van der Waals surface area contributed by atoms with Crippen LogP contribution in [0.1, 0.15) is 50.5 Å². The molecule has 7 heteroatoms. The molecular weight excluding hydrogens is 394 g/mol. The fourth-order valence-electron chi connectivity index (χ4n) is 4.74. The van der Waals surface area contributed by atoms with Crippen molar-refractivity contribution < 1.29 is 17.2 Å². The van der Waals surface area contributed by atoms with Crippen molar-refractivity contribution in [3.05, 3.63) is 59.7 Å². The number of hydrogen-bond donors (Lipinski definition) is 1. The highest BCUT2D eigenvalue weighted by molar-refractivity contribution is 7.92. The first-order valence-corrected chi connectivity index (χ1v) is 11.7. The first kappa shape index (κ1) is 20.3. The average molecular weight is 421 g/mol. The number of sulfonamides is 1. The molecule has 3 atom stereocenters. The number of hydrogen-bond acceptors (Lipinski definition) is 3. The Morgan fingerprint density at radius 3 is 2.41 bits per heavy atom. The SMILES string of the molecule is C[C@H]1CCCN1[C@H]1CC[C@H](c2ccc(NS(=O)(=O)c3ccc(F)c(F)c3)cc2)C1. The highest BCUT2D eigenvalue weighted by Gasteiger charge is 2.34. The molecule has 1 saturated heterocycles. The topological polar surface area (TPSA) is 49.4 Å². The molecule has 1 aliphatic carbocycles. The summed E-state index contributed by atoms with van der Waals surface area (Å²) < 4.78 is 53.7. The number of halogens is 2. The van der Waals surface area contributed by atoms with Gasteiger partial charge in [0.25, 0.3) is 10.0 Å². The lowest BCUT2D eigenvalue weighted by atomic mass is 9.97. The molecule has 2 aliphatic rings. The van der Waals surface area contributed by atoms with Crippen LogP contribution in [-0.2, 0) is 10.0 Å². The van der Waals surface area contributed by atoms with Gasteiger partial charge in [-0.3, -0.25) is 9.62 Å². The molecule has 1 aliphatic heterocycles. The zero-order valence-electron chi connectivity index (χ0n) is 16.4. The van der Waals surface area contributed by atoms with Gasteiger partial charge in [0.05, 0.1) is 4.90 Å². The molecular formula is C22H26F2N2O2S. The summed E-state index contributed by atoms with van der Waals surface area (Å²) in [6.45, 7) is 3.51. The van der Waals surface area contributed by atoms with Crippen molar-refractivity contribution in [3.8, 4) is 0 Å². The Balaban J connectivity index is 1.42. The van der Waals surface area contributed by atoms with Gasteiger partial charge >= 0.3 is 0 Å². The third-order valence-electron chi connectivity index (χ3n) is 6.31. The number of anilines is 1. The molecule has 1 heterocycles. The summed E-state index contributed by atoms with van der Waals surface area (Å²) >= 11 is 0. The van der Waals surface area contributed by atoms with E-state index >= 15 is 0 Å². The average Bonchev–Trinajstić information content (AvgIpc) is 3.33. The van der Waals surface area contributed by atoms with Crippen LogP contribution in [0.5, 0.6) is 0 Å². The zero-order valence-corrected chi connectivity index (χ0v) is 17.3. The molecule has 0 aromatic heterocycles. The van der Waals surface area contributed by atoms with E-state index in [0.717, 1.165) is 25.0 Å². The van der Waals surface area contributed by atoms with Crippen molar-refractivity contribution in [2.45, 2.75) is 61.9 Å². The Kier molecular flexibility index (Phi) is 5.62. The Bertz CT molecular complexity index is 979. The maximum atomic E-state index is 13.4. The summed E-state index contributed by atoms with van der Waals surface area (Å²) in [4.78, 5) is 2.34. The molecule has 0 amide bonds. The van der Waals surface area contributed by atoms with Gasteiger partial charge in [-0.25, -0.2) is 17.2 Å². The van der Waals surface area contributed by atoms with Crippen LogP contribution in [0.3, 0.4) is 0 Å². The first-order valence-electron chi connectivity index (χ1n) is 10.2. The van der Waals surface area contributed by atoms with Gasteiger partial charge in [0.15, 0.2) is 11.6 Å². The van der Waals surface area contributed by atoms with E-state index in [2.05, 4.69) is 16.5 Å². The van der Waals surface area contributed by atoms with E-state index < -0.39 is 21.7 Å². The van der Waals surface area contributed by atoms with Crippen LogP contribution in [-0.4, -0.2) is 31.9 Å². The van der Waals surface area contributed by atoms with Gasteiger partial charge in [-0.2, -0.15) is 0 Å². The van der Waals surface area contributed by atoms with Gasteiger partial charge in [0.2, 0.25) is 0 Å². The summed E-state index contributed by atoms with van der Waals surface area (Å²) in [6, 6.07) is 11.3. The molecule has 0 bridgehead atoms. The second-order valence-electron chi connectivity index (χ2n) is 8.20. The van der Waals surface area contributed by atoms with Crippen molar-refractivity contribution >= 4 is 15.7 Å². The summed E-state index contributed by atoms with van der Waals surface area (Å²) in [5.74, 6) is -1.78. The number of benzene rings is 2. The van der Waals surface area contributed by atoms with E-state index in [1.54, 1.807) is 12.1 Å². The molecule has 0 spiro atoms. The molecule has 156 valence electrons. The zero-order chi connectivity index (χ0) is 20.6. The van der Waals surface area contributed by atoms with Crippen molar-refractivity contribution in [2.75, 3.05) is 11.3 Å². The van der Waals surface area contributed by atoms with Crippen LogP contribution in [0.4, 0.5) is 14.5 Å². The van der Waals surface area contributed by atoms with Gasteiger partial charge in [0.1, 0.15) is 0 Å². The number of nitrogens with one attached hydrogen (secondary N) is 1. The fraction of sp³-hybridized carbons (Fsp3) is 0.455. The maximum Gasteiger partial charge on any atom is 0.261 e. The summed E-state index contributed by atoms with van der Waals surface area (Å²) in [5.41, 5.74) is 1.62. The fourth-order valence-corrected chi connectivity index (χ4v) is 5.81. The normalized spacial score (nSPS) is 25.4. The molecule has 4 rings (SSSR count). The van der Waals surface area contributed by atoms with E-state index in [4.69, 9.17) is 0 Å². The van der Waals surface area contributed by atoms with E-state index in [0.29, 0.717) is 29.8 Å². The van der Waals surface area contributed by atoms with Crippen molar-refractivity contribution in [3.63, 3.8) is 0 Å². The molecule has 2 aromatic carbocycles. The quantitative estimate of drug-likeness (QED) is 0.750. The van der Waals surface area contributed by atoms with E-state index in [9.17, 15) is 17.2 Å². The van der Waals surface area contributed by atoms with Gasteiger partial charge < -0.3 is 0 Å². The largest absolute Gasteiger partial charge is 0.298 e. The predicted octanol–water partition coefficient (Wildman–Crippen LogP) is 4.89. The van der Waals surface area contributed by atoms with Crippen LogP contribution < -0.4 is 4.72 Å². The minimum absolute atomic E-state index is 0.307. The summed E-state index contributed by atoms with van der Waals surface area (Å²) in [6.07, 6.45) is 6.07. The van der Waals surface area contributed by atoms with E-state index in [-0.39, 0.29) is 4.90 Å². The van der Waals surface area contributed by atoms with Crippen molar-refractivity contribution in [1.82, 2.24) is 4.90 Å². The molecule has 4 nitrogen and oxygen atoms in total. The highest BCUT2D eigenvalue weighted by atomic mass is 32.2. The Morgan fingerprint density at radius 1 is 1.00 bits per heavy atom. The molecule has 2 aromatic rings. The molecule has 0 unspecified atom stereocenters. The second-order valence-corrected chi connectivity index (χ2v) is 9.88. The first-order chi connectivity index (χ1) is 13.8. The minimum atomic E-state index is -3.97. The third kappa shape index (κ3) is 4.31. The van der Waals surface area contributed by atoms with Crippen molar-refractivity contribution in [1.29, 1.82) is 0 Å². The van der Waals surface area contributed by atoms with E-state index in [1.165, 1.54) is 31.4 Å². The Hall–Kier alpha value is -1.99. The predicted molar refractivity (Wildman–Crippen MR) is 109 cm³/mol. The maximum absolute atomic E-state index is 13.4. The van der Waals surface area contributed by atoms with E-state index in [1.807, 2.05) is 12.1 Å². The molecule has 29 heavy (non-hydrogen) atoms. The third-order valence-corrected chi connectivity index (χ3v) is 7.69. The minimum Gasteiger partial charge on any atom is -0.298 e. The van der Waals surface area contributed by atoms with Gasteiger partial charge in [-0.1, -0.05) is 12.1 Å². The molecule has 0 radical (unpaired) electrons. The summed E-state index contributed by atoms with van der Waals surface area (Å²) in [5, 5.41) is 0. The van der Waals surface area contributed by atoms with Crippen molar-refractivity contribution in [2.24, 2.45) is 0 Å². The second kappa shape index (κ2) is 8.03. The number of rotatable bonds is 5. The van der Waals surface area contributed by atoms with Crippen LogP contribution >= 0.6 is 0 Å². The monoisotopic (exact) mass is 420 g/mol. The number of nitrogens with zero attached hydrogens (tertiary/aromatic N) is 1. The van der Waals surface area contributed by atoms with Gasteiger partial charge in [0, 0.05) is 17.8 Å². The molecule has 1 saturated carbocycles. The lowest BCUT2D eigenvalue weighted by Crippen LogP contribution is -2.35. The lowest BCUT2D eigenvalue weighted by Gasteiger charge is -2.28. The van der Waals surface area contributed by atoms with Crippen LogP contribution in [0, 0.1) is 11.6 Å². The molecule has 2 fully saturated rings. The van der Waals surface area contributed by atoms with Crippen LogP contribution in [0.15, 0.2) is 47.4 Å². The Labute approximate surface area is 171 Å². The smallest absolute Gasteiger partial charge is 0.261 e. The lowest BCUT2D eigenvalue weighted by molar-refractivity contribution is 0.191. The van der Waals surface area contributed by atoms with Gasteiger partial charge in [-0.15, -0.1) is 0 Å². The van der Waals surface area contributed by atoms with Crippen LogP contribution in [0.2, 0.25) is 0 Å². The highest BCUT2D eigenvalue weighted by Crippen LogP contribution is 2.39. The van der Waals surface area contributed by atoms with Crippen LogP contribution in [0.25, 0.3) is 0 Å². The number of likely N-dealkylation sites (tertiary alicyclic amines) is 1. The van der Waals surface area contributed by atoms with Gasteiger partial charge in [-0.05, 0) is 87.4 Å². The Morgan fingerprint density at radius 2 is 1.76 bits per heavy atom. The summed E-state index contributed by atoms with van der Waals surface area (Å²) in [7, 11) is -3.97. The molecule has 1 N–H and O–H groups in total.